The molecular formula is C14H30N2O. The zero-order chi connectivity index (χ0) is 12.7. The van der Waals surface area contributed by atoms with Gasteiger partial charge in [0.1, 0.15) is 0 Å². The van der Waals surface area contributed by atoms with Gasteiger partial charge in [0, 0.05) is 19.1 Å². The third-order valence-electron chi connectivity index (χ3n) is 3.31. The zero-order valence-corrected chi connectivity index (χ0v) is 11.8. The van der Waals surface area contributed by atoms with Crippen molar-refractivity contribution in [1.82, 2.24) is 10.2 Å². The summed E-state index contributed by atoms with van der Waals surface area (Å²) in [6.45, 7) is 10.4. The molecule has 3 heteroatoms. The van der Waals surface area contributed by atoms with Gasteiger partial charge >= 0.3 is 0 Å². The van der Waals surface area contributed by atoms with E-state index in [2.05, 4.69) is 31.0 Å². The van der Waals surface area contributed by atoms with Gasteiger partial charge in [-0.15, -0.1) is 0 Å². The average molecular weight is 242 g/mol. The third-order valence-corrected chi connectivity index (χ3v) is 3.31. The molecule has 0 heterocycles. The van der Waals surface area contributed by atoms with Crippen molar-refractivity contribution in [3.63, 3.8) is 0 Å². The lowest BCUT2D eigenvalue weighted by molar-refractivity contribution is 0.104. The molecule has 0 amide bonds. The van der Waals surface area contributed by atoms with E-state index in [9.17, 15) is 5.11 Å². The fraction of sp³-hybridized carbons (Fsp3) is 1.00. The molecule has 0 aromatic rings. The molecule has 1 saturated carbocycles. The highest BCUT2D eigenvalue weighted by Crippen LogP contribution is 2.27. The largest absolute Gasteiger partial charge is 0.390 e. The van der Waals surface area contributed by atoms with E-state index >= 15 is 0 Å². The number of hydrogen-bond donors (Lipinski definition) is 2. The van der Waals surface area contributed by atoms with E-state index in [1.807, 2.05) is 0 Å². The van der Waals surface area contributed by atoms with Crippen molar-refractivity contribution in [2.75, 3.05) is 26.2 Å². The van der Waals surface area contributed by atoms with Crippen LogP contribution in [0.3, 0.4) is 0 Å². The lowest BCUT2D eigenvalue weighted by Gasteiger charge is -2.25. The summed E-state index contributed by atoms with van der Waals surface area (Å²) in [5.74, 6) is 0.756. The van der Waals surface area contributed by atoms with Crippen LogP contribution < -0.4 is 5.32 Å². The molecule has 0 saturated heterocycles. The SMILES string of the molecule is CCCNCC(O)CN(CCC(C)C)C1CC1. The van der Waals surface area contributed by atoms with Crippen molar-refractivity contribution >= 4 is 0 Å². The van der Waals surface area contributed by atoms with E-state index in [4.69, 9.17) is 0 Å². The zero-order valence-electron chi connectivity index (χ0n) is 11.8. The van der Waals surface area contributed by atoms with Crippen LogP contribution in [0.25, 0.3) is 0 Å². The van der Waals surface area contributed by atoms with Gasteiger partial charge in [0.2, 0.25) is 0 Å². The maximum absolute atomic E-state index is 9.98. The van der Waals surface area contributed by atoms with Gasteiger partial charge in [0.25, 0.3) is 0 Å². The Morgan fingerprint density at radius 2 is 2.06 bits per heavy atom. The van der Waals surface area contributed by atoms with Gasteiger partial charge in [-0.05, 0) is 44.7 Å². The van der Waals surface area contributed by atoms with Crippen molar-refractivity contribution in [1.29, 1.82) is 0 Å². The molecule has 1 aliphatic carbocycles. The summed E-state index contributed by atoms with van der Waals surface area (Å²) in [4.78, 5) is 2.48. The molecule has 3 nitrogen and oxygen atoms in total. The second kappa shape index (κ2) is 8.06. The molecular weight excluding hydrogens is 212 g/mol. The summed E-state index contributed by atoms with van der Waals surface area (Å²) in [5, 5.41) is 13.3. The molecule has 1 unspecified atom stereocenters. The molecule has 2 N–H and O–H groups in total. The average Bonchev–Trinajstić information content (AvgIpc) is 3.08. The molecule has 102 valence electrons. The van der Waals surface area contributed by atoms with Gasteiger partial charge in [-0.1, -0.05) is 20.8 Å². The summed E-state index contributed by atoms with van der Waals surface area (Å²) in [5.41, 5.74) is 0. The standard InChI is InChI=1S/C14H30N2O/c1-4-8-15-10-14(17)11-16(13-5-6-13)9-7-12(2)3/h12-15,17H,4-11H2,1-3H3. The molecule has 1 aliphatic rings. The first kappa shape index (κ1) is 14.9. The van der Waals surface area contributed by atoms with Crippen LogP contribution >= 0.6 is 0 Å². The maximum atomic E-state index is 9.98. The van der Waals surface area contributed by atoms with Crippen LogP contribution in [0.2, 0.25) is 0 Å². The Morgan fingerprint density at radius 1 is 1.35 bits per heavy atom. The molecule has 1 fully saturated rings. The Morgan fingerprint density at radius 3 is 2.59 bits per heavy atom. The number of hydrogen-bond acceptors (Lipinski definition) is 3. The highest BCUT2D eigenvalue weighted by Gasteiger charge is 2.29. The molecule has 0 aromatic heterocycles. The fourth-order valence-corrected chi connectivity index (χ4v) is 2.07. The quantitative estimate of drug-likeness (QED) is 0.574. The van der Waals surface area contributed by atoms with Gasteiger partial charge in [-0.3, -0.25) is 4.90 Å². The molecule has 1 rings (SSSR count). The predicted octanol–water partition coefficient (Wildman–Crippen LogP) is 1.86. The minimum absolute atomic E-state index is 0.214. The Balaban J connectivity index is 2.18. The highest BCUT2D eigenvalue weighted by molar-refractivity contribution is 4.86. The molecule has 0 spiro atoms. The van der Waals surface area contributed by atoms with Crippen molar-refractivity contribution < 1.29 is 5.11 Å². The van der Waals surface area contributed by atoms with Crippen LogP contribution in [0.5, 0.6) is 0 Å². The second-order valence-corrected chi connectivity index (χ2v) is 5.77. The number of rotatable bonds is 10. The smallest absolute Gasteiger partial charge is 0.0791 e. The number of aliphatic hydroxyl groups is 1. The van der Waals surface area contributed by atoms with Gasteiger partial charge in [0.05, 0.1) is 6.10 Å². The van der Waals surface area contributed by atoms with Crippen LogP contribution in [0.1, 0.15) is 46.5 Å². The summed E-state index contributed by atoms with van der Waals surface area (Å²) < 4.78 is 0. The highest BCUT2D eigenvalue weighted by atomic mass is 16.3. The number of nitrogens with zero attached hydrogens (tertiary/aromatic N) is 1. The van der Waals surface area contributed by atoms with E-state index in [0.29, 0.717) is 0 Å². The van der Waals surface area contributed by atoms with Crippen molar-refractivity contribution in [2.45, 2.75) is 58.6 Å². The monoisotopic (exact) mass is 242 g/mol. The van der Waals surface area contributed by atoms with Crippen LogP contribution in [-0.2, 0) is 0 Å². The minimum Gasteiger partial charge on any atom is -0.390 e. The molecule has 17 heavy (non-hydrogen) atoms. The molecule has 0 aromatic carbocycles. The topological polar surface area (TPSA) is 35.5 Å². The van der Waals surface area contributed by atoms with Gasteiger partial charge in [0.15, 0.2) is 0 Å². The van der Waals surface area contributed by atoms with Gasteiger partial charge in [-0.25, -0.2) is 0 Å². The van der Waals surface area contributed by atoms with E-state index in [1.54, 1.807) is 0 Å². The number of nitrogens with one attached hydrogen (secondary N) is 1. The van der Waals surface area contributed by atoms with Crippen LogP contribution in [0.15, 0.2) is 0 Å². The minimum atomic E-state index is -0.214. The van der Waals surface area contributed by atoms with Crippen LogP contribution in [-0.4, -0.2) is 48.3 Å². The Hall–Kier alpha value is -0.120. The van der Waals surface area contributed by atoms with Crippen molar-refractivity contribution in [3.8, 4) is 0 Å². The van der Waals surface area contributed by atoms with E-state index in [-0.39, 0.29) is 6.10 Å². The maximum Gasteiger partial charge on any atom is 0.0791 e. The normalized spacial score (nSPS) is 18.0. The van der Waals surface area contributed by atoms with E-state index in [1.165, 1.54) is 19.3 Å². The number of aliphatic hydroxyl groups excluding tert-OH is 1. The van der Waals surface area contributed by atoms with Gasteiger partial charge < -0.3 is 10.4 Å². The Bertz CT molecular complexity index is 193. The van der Waals surface area contributed by atoms with Crippen LogP contribution in [0, 0.1) is 5.92 Å². The summed E-state index contributed by atoms with van der Waals surface area (Å²) in [6.07, 6.45) is 4.81. The van der Waals surface area contributed by atoms with E-state index in [0.717, 1.165) is 44.6 Å². The lowest BCUT2D eigenvalue weighted by Crippen LogP contribution is -2.40. The summed E-state index contributed by atoms with van der Waals surface area (Å²) >= 11 is 0. The summed E-state index contributed by atoms with van der Waals surface area (Å²) in [6, 6.07) is 0.759. The molecule has 1 atom stereocenters. The summed E-state index contributed by atoms with van der Waals surface area (Å²) in [7, 11) is 0. The molecule has 0 bridgehead atoms. The van der Waals surface area contributed by atoms with Crippen LogP contribution in [0.4, 0.5) is 0 Å². The van der Waals surface area contributed by atoms with Crippen molar-refractivity contribution in [2.24, 2.45) is 5.92 Å². The van der Waals surface area contributed by atoms with E-state index < -0.39 is 0 Å². The fourth-order valence-electron chi connectivity index (χ4n) is 2.07. The molecule has 0 radical (unpaired) electrons. The lowest BCUT2D eigenvalue weighted by atomic mass is 10.1. The first-order valence-electron chi connectivity index (χ1n) is 7.26. The first-order chi connectivity index (χ1) is 8.13. The van der Waals surface area contributed by atoms with Gasteiger partial charge in [-0.2, -0.15) is 0 Å². The second-order valence-electron chi connectivity index (χ2n) is 5.77. The molecule has 0 aliphatic heterocycles. The first-order valence-corrected chi connectivity index (χ1v) is 7.26. The van der Waals surface area contributed by atoms with Crippen molar-refractivity contribution in [3.05, 3.63) is 0 Å². The predicted molar refractivity (Wildman–Crippen MR) is 73.2 cm³/mol. The third kappa shape index (κ3) is 7.02. The Labute approximate surface area is 107 Å². The Kier molecular flexibility index (Phi) is 7.09.